The van der Waals surface area contributed by atoms with E-state index >= 15 is 0 Å². The van der Waals surface area contributed by atoms with E-state index in [1.54, 1.807) is 21.9 Å². The number of nitrogens with zero attached hydrogens (tertiary/aromatic N) is 2. The summed E-state index contributed by atoms with van der Waals surface area (Å²) in [6, 6.07) is 11.4. The standard InChI is InChI=1S/C26H32N2O4/c1-18-5-9-22(10-6-18)23(29)11-12-24(30)27-13-15-28(16-14-27)25(31)17-32-26-20(3)8-7-19(2)21(26)4/h5-10H,11-17H2,1-4H3. The highest BCUT2D eigenvalue weighted by molar-refractivity contribution is 5.98. The molecule has 0 N–H and O–H groups in total. The van der Waals surface area contributed by atoms with Gasteiger partial charge in [-0.25, -0.2) is 0 Å². The third-order valence-electron chi connectivity index (χ3n) is 6.14. The molecule has 2 aromatic rings. The van der Waals surface area contributed by atoms with Crippen LogP contribution in [0, 0.1) is 27.7 Å². The fourth-order valence-corrected chi connectivity index (χ4v) is 3.84. The van der Waals surface area contributed by atoms with E-state index in [-0.39, 0.29) is 37.0 Å². The number of hydrogen-bond acceptors (Lipinski definition) is 4. The molecule has 2 aromatic carbocycles. The summed E-state index contributed by atoms with van der Waals surface area (Å²) in [4.78, 5) is 40.9. The van der Waals surface area contributed by atoms with E-state index in [0.29, 0.717) is 31.7 Å². The van der Waals surface area contributed by atoms with Gasteiger partial charge >= 0.3 is 0 Å². The number of rotatable bonds is 7. The quantitative estimate of drug-likeness (QED) is 0.622. The Balaban J connectivity index is 1.43. The number of hydrogen-bond donors (Lipinski definition) is 0. The minimum Gasteiger partial charge on any atom is -0.483 e. The Bertz CT molecular complexity index is 990. The van der Waals surface area contributed by atoms with Crippen LogP contribution in [0.25, 0.3) is 0 Å². The van der Waals surface area contributed by atoms with Gasteiger partial charge in [-0.05, 0) is 44.4 Å². The maximum Gasteiger partial charge on any atom is 0.260 e. The third-order valence-corrected chi connectivity index (χ3v) is 6.14. The Labute approximate surface area is 190 Å². The van der Waals surface area contributed by atoms with Crippen molar-refractivity contribution in [1.82, 2.24) is 9.80 Å². The summed E-state index contributed by atoms with van der Waals surface area (Å²) in [7, 11) is 0. The van der Waals surface area contributed by atoms with Crippen LogP contribution in [0.2, 0.25) is 0 Å². The van der Waals surface area contributed by atoms with Crippen LogP contribution in [-0.4, -0.2) is 60.2 Å². The van der Waals surface area contributed by atoms with E-state index in [0.717, 1.165) is 28.0 Å². The summed E-state index contributed by atoms with van der Waals surface area (Å²) in [6.45, 7) is 9.86. The molecule has 0 saturated carbocycles. The average molecular weight is 437 g/mol. The first-order chi connectivity index (χ1) is 15.3. The van der Waals surface area contributed by atoms with Crippen molar-refractivity contribution in [3.05, 3.63) is 64.2 Å². The van der Waals surface area contributed by atoms with Gasteiger partial charge in [0, 0.05) is 44.6 Å². The van der Waals surface area contributed by atoms with Crippen molar-refractivity contribution in [2.75, 3.05) is 32.8 Å². The van der Waals surface area contributed by atoms with Crippen molar-refractivity contribution in [3.63, 3.8) is 0 Å². The van der Waals surface area contributed by atoms with Crippen molar-refractivity contribution in [1.29, 1.82) is 0 Å². The van der Waals surface area contributed by atoms with Crippen LogP contribution < -0.4 is 4.74 Å². The summed E-state index contributed by atoms with van der Waals surface area (Å²) in [5, 5.41) is 0. The SMILES string of the molecule is Cc1ccc(C(=O)CCC(=O)N2CCN(C(=O)COc3c(C)ccc(C)c3C)CC2)cc1. The smallest absolute Gasteiger partial charge is 0.260 e. The number of carbonyl (C=O) groups is 3. The van der Waals surface area contributed by atoms with Crippen molar-refractivity contribution in [2.45, 2.75) is 40.5 Å². The van der Waals surface area contributed by atoms with E-state index in [9.17, 15) is 14.4 Å². The highest BCUT2D eigenvalue weighted by Gasteiger charge is 2.25. The Morgan fingerprint density at radius 3 is 1.94 bits per heavy atom. The van der Waals surface area contributed by atoms with E-state index in [1.165, 1.54) is 0 Å². The van der Waals surface area contributed by atoms with Crippen LogP contribution in [-0.2, 0) is 9.59 Å². The lowest BCUT2D eigenvalue weighted by Gasteiger charge is -2.34. The van der Waals surface area contributed by atoms with Gasteiger partial charge in [0.25, 0.3) is 5.91 Å². The maximum absolute atomic E-state index is 12.6. The van der Waals surface area contributed by atoms with Gasteiger partial charge in [0.1, 0.15) is 5.75 Å². The molecule has 0 bridgehead atoms. The Kier molecular flexibility index (Phi) is 7.67. The zero-order valence-electron chi connectivity index (χ0n) is 19.4. The zero-order valence-corrected chi connectivity index (χ0v) is 19.4. The van der Waals surface area contributed by atoms with Gasteiger partial charge in [0.05, 0.1) is 0 Å². The average Bonchev–Trinajstić information content (AvgIpc) is 2.80. The van der Waals surface area contributed by atoms with Gasteiger partial charge in [-0.2, -0.15) is 0 Å². The number of aryl methyl sites for hydroxylation is 3. The summed E-state index contributed by atoms with van der Waals surface area (Å²) >= 11 is 0. The predicted molar refractivity (Wildman–Crippen MR) is 124 cm³/mol. The molecule has 1 aliphatic heterocycles. The van der Waals surface area contributed by atoms with Crippen LogP contribution >= 0.6 is 0 Å². The molecule has 1 fully saturated rings. The third kappa shape index (κ3) is 5.75. The second-order valence-electron chi connectivity index (χ2n) is 8.49. The van der Waals surface area contributed by atoms with Crippen molar-refractivity contribution in [3.8, 4) is 5.75 Å². The van der Waals surface area contributed by atoms with Crippen LogP contribution in [0.5, 0.6) is 5.75 Å². The normalized spacial score (nSPS) is 13.8. The fraction of sp³-hybridized carbons (Fsp3) is 0.423. The first-order valence-corrected chi connectivity index (χ1v) is 11.1. The molecule has 0 atom stereocenters. The lowest BCUT2D eigenvalue weighted by molar-refractivity contribution is -0.140. The van der Waals surface area contributed by atoms with Crippen molar-refractivity contribution >= 4 is 17.6 Å². The lowest BCUT2D eigenvalue weighted by atomic mass is 10.0. The number of amides is 2. The minimum atomic E-state index is -0.0769. The molecule has 6 heteroatoms. The van der Waals surface area contributed by atoms with Crippen LogP contribution in [0.15, 0.2) is 36.4 Å². The maximum atomic E-state index is 12.6. The zero-order chi connectivity index (χ0) is 23.3. The second-order valence-corrected chi connectivity index (χ2v) is 8.49. The van der Waals surface area contributed by atoms with Gasteiger partial charge in [-0.1, -0.05) is 42.0 Å². The Hall–Kier alpha value is -3.15. The molecule has 0 radical (unpaired) electrons. The predicted octanol–water partition coefficient (Wildman–Crippen LogP) is 3.63. The van der Waals surface area contributed by atoms with Crippen molar-refractivity contribution in [2.24, 2.45) is 0 Å². The lowest BCUT2D eigenvalue weighted by Crippen LogP contribution is -2.51. The van der Waals surface area contributed by atoms with Gasteiger partial charge in [0.2, 0.25) is 5.91 Å². The molecule has 1 heterocycles. The molecule has 1 saturated heterocycles. The molecular formula is C26H32N2O4. The van der Waals surface area contributed by atoms with Crippen molar-refractivity contribution < 1.29 is 19.1 Å². The van der Waals surface area contributed by atoms with Gasteiger partial charge in [0.15, 0.2) is 12.4 Å². The topological polar surface area (TPSA) is 66.9 Å². The summed E-state index contributed by atoms with van der Waals surface area (Å²) < 4.78 is 5.84. The molecule has 2 amide bonds. The molecule has 1 aliphatic rings. The van der Waals surface area contributed by atoms with E-state index in [2.05, 4.69) is 0 Å². The number of piperazine rings is 1. The molecule has 0 aromatic heterocycles. The summed E-state index contributed by atoms with van der Waals surface area (Å²) in [5.41, 5.74) is 4.92. The monoisotopic (exact) mass is 436 g/mol. The first kappa shape index (κ1) is 23.5. The molecule has 6 nitrogen and oxygen atoms in total. The number of ketones is 1. The molecular weight excluding hydrogens is 404 g/mol. The molecule has 32 heavy (non-hydrogen) atoms. The fourth-order valence-electron chi connectivity index (χ4n) is 3.84. The highest BCUT2D eigenvalue weighted by Crippen LogP contribution is 2.25. The largest absolute Gasteiger partial charge is 0.483 e. The Morgan fingerprint density at radius 1 is 0.750 bits per heavy atom. The number of Topliss-reactive ketones (excluding diaryl/α,β-unsaturated/α-hetero) is 1. The van der Waals surface area contributed by atoms with Gasteiger partial charge in [-0.15, -0.1) is 0 Å². The van der Waals surface area contributed by atoms with Crippen LogP contribution in [0.4, 0.5) is 0 Å². The van der Waals surface area contributed by atoms with E-state index < -0.39 is 0 Å². The molecule has 3 rings (SSSR count). The van der Waals surface area contributed by atoms with E-state index in [4.69, 9.17) is 4.74 Å². The molecule has 0 spiro atoms. The number of benzene rings is 2. The summed E-state index contributed by atoms with van der Waals surface area (Å²) in [5.74, 6) is 0.628. The minimum absolute atomic E-state index is 0.00979. The number of ether oxygens (including phenoxy) is 1. The molecule has 0 unspecified atom stereocenters. The van der Waals surface area contributed by atoms with E-state index in [1.807, 2.05) is 52.0 Å². The second kappa shape index (κ2) is 10.4. The van der Waals surface area contributed by atoms with Crippen LogP contribution in [0.3, 0.4) is 0 Å². The van der Waals surface area contributed by atoms with Crippen LogP contribution in [0.1, 0.15) is 45.5 Å². The highest BCUT2D eigenvalue weighted by atomic mass is 16.5. The first-order valence-electron chi connectivity index (χ1n) is 11.1. The van der Waals surface area contributed by atoms with Gasteiger partial charge < -0.3 is 14.5 Å². The van der Waals surface area contributed by atoms with Gasteiger partial charge in [-0.3, -0.25) is 14.4 Å². The molecule has 170 valence electrons. The molecule has 0 aliphatic carbocycles. The number of carbonyl (C=O) groups excluding carboxylic acids is 3. The summed E-state index contributed by atoms with van der Waals surface area (Å²) in [6.07, 6.45) is 0.389. The Morgan fingerprint density at radius 2 is 1.31 bits per heavy atom.